The summed E-state index contributed by atoms with van der Waals surface area (Å²) < 4.78 is 22.9. The molecule has 9 N–H and O–H groups in total. The van der Waals surface area contributed by atoms with Crippen molar-refractivity contribution in [2.75, 3.05) is 19.8 Å². The first-order chi connectivity index (χ1) is 46.1. The Morgan fingerprint density at radius 1 is 0.394 bits per heavy atom. The van der Waals surface area contributed by atoms with Gasteiger partial charge in [0.1, 0.15) is 48.8 Å². The maximum atomic E-state index is 13.4. The van der Waals surface area contributed by atoms with Crippen molar-refractivity contribution in [3.05, 3.63) is 97.2 Å². The number of hydrogen-bond acceptors (Lipinski definition) is 13. The maximum Gasteiger partial charge on any atom is 0.220 e. The standard InChI is InChI=1S/C80H141NO13/c1-3-5-7-9-11-13-15-17-19-21-23-25-27-29-31-32-33-34-35-36-38-39-41-43-45-47-49-51-53-55-57-59-61-63-69(84)68(67-91-79-77(90)75(88)78(71(66-83)93-79)94-80-76(89)74(87)73(86)70(65-82)92-80)81-72(85)64-62-60-58-56-54-52-50-48-46-44-42-40-37-30-28-26-24-22-20-18-16-14-12-10-8-6-4-2/h6,8,12,14,18,20,24,26,30,37,42,44,48,50,54,56,68-71,73-80,82-84,86-90H,3-5,7,9-11,13,15-17,19,21-23,25,27-29,31-36,38-41,43,45-47,49,51-53,55,57-67H2,1-2H3,(H,81,85)/b8-6-,14-12-,20-18-,26-24-,37-30-,44-42-,50-48-,56-54-. The molecule has 0 spiro atoms. The molecule has 2 fully saturated rings. The van der Waals surface area contributed by atoms with E-state index >= 15 is 0 Å². The van der Waals surface area contributed by atoms with E-state index in [2.05, 4.69) is 116 Å². The van der Waals surface area contributed by atoms with Crippen LogP contribution in [0.1, 0.15) is 309 Å². The largest absolute Gasteiger partial charge is 0.394 e. The molecule has 14 heteroatoms. The Morgan fingerprint density at radius 2 is 0.734 bits per heavy atom. The van der Waals surface area contributed by atoms with Gasteiger partial charge in [-0.05, 0) is 77.0 Å². The maximum absolute atomic E-state index is 13.4. The number of hydrogen-bond donors (Lipinski definition) is 9. The van der Waals surface area contributed by atoms with Gasteiger partial charge in [0.25, 0.3) is 0 Å². The zero-order chi connectivity index (χ0) is 68.0. The smallest absolute Gasteiger partial charge is 0.220 e. The lowest BCUT2D eigenvalue weighted by Crippen LogP contribution is -2.65. The average Bonchev–Trinajstić information content (AvgIpc) is 0.794. The summed E-state index contributed by atoms with van der Waals surface area (Å²) in [5.41, 5.74) is 0. The van der Waals surface area contributed by atoms with Crippen molar-refractivity contribution >= 4 is 5.91 Å². The van der Waals surface area contributed by atoms with Gasteiger partial charge in [-0.15, -0.1) is 0 Å². The second kappa shape index (κ2) is 63.4. The second-order valence-corrected chi connectivity index (χ2v) is 26.8. The van der Waals surface area contributed by atoms with E-state index < -0.39 is 86.8 Å². The third-order valence-electron chi connectivity index (χ3n) is 18.3. The van der Waals surface area contributed by atoms with Crippen LogP contribution in [-0.4, -0.2) is 140 Å². The second-order valence-electron chi connectivity index (χ2n) is 26.8. The fourth-order valence-electron chi connectivity index (χ4n) is 12.3. The summed E-state index contributed by atoms with van der Waals surface area (Å²) in [6.07, 6.45) is 73.0. The molecule has 0 aromatic carbocycles. The summed E-state index contributed by atoms with van der Waals surface area (Å²) >= 11 is 0. The van der Waals surface area contributed by atoms with Gasteiger partial charge < -0.3 is 65.1 Å². The van der Waals surface area contributed by atoms with Crippen molar-refractivity contribution in [2.45, 2.75) is 383 Å². The van der Waals surface area contributed by atoms with Crippen LogP contribution < -0.4 is 5.32 Å². The van der Waals surface area contributed by atoms with Crippen LogP contribution in [0.4, 0.5) is 0 Å². The predicted octanol–water partition coefficient (Wildman–Crippen LogP) is 16.9. The van der Waals surface area contributed by atoms with E-state index in [9.17, 15) is 45.6 Å². The van der Waals surface area contributed by atoms with E-state index in [1.54, 1.807) is 0 Å². The molecule has 0 saturated carbocycles. The summed E-state index contributed by atoms with van der Waals surface area (Å²) in [6, 6.07) is -0.862. The SMILES string of the molecule is CC/C=C\C/C=C\C/C=C\C/C=C\C/C=C\C/C=C\C/C=C\C/C=C\CCCCC(=O)NC(COC1OC(CO)C(OC2OC(CO)C(O)C(O)C2O)C(O)C1O)C(O)CCCCCCCCCCCCCCCCCCCCCCCCCCCCCCCCCCC. The van der Waals surface area contributed by atoms with Crippen molar-refractivity contribution in [1.82, 2.24) is 5.32 Å². The third kappa shape index (κ3) is 46.2. The van der Waals surface area contributed by atoms with Crippen molar-refractivity contribution < 1.29 is 64.6 Å². The molecular formula is C80H141NO13. The van der Waals surface area contributed by atoms with Gasteiger partial charge >= 0.3 is 0 Å². The molecule has 2 aliphatic heterocycles. The first-order valence-electron chi connectivity index (χ1n) is 38.5. The summed E-state index contributed by atoms with van der Waals surface area (Å²) in [4.78, 5) is 13.4. The third-order valence-corrected chi connectivity index (χ3v) is 18.3. The number of carbonyl (C=O) groups is 1. The Labute approximate surface area is 573 Å². The van der Waals surface area contributed by atoms with Crippen LogP contribution in [0.2, 0.25) is 0 Å². The number of aliphatic hydroxyl groups excluding tert-OH is 8. The number of amides is 1. The number of nitrogens with one attached hydrogen (secondary N) is 1. The summed E-state index contributed by atoms with van der Waals surface area (Å²) in [5, 5.41) is 87.7. The Bertz CT molecular complexity index is 1950. The van der Waals surface area contributed by atoms with E-state index in [1.165, 1.54) is 186 Å². The lowest BCUT2D eigenvalue weighted by atomic mass is 9.97. The number of allylic oxidation sites excluding steroid dienone is 16. The molecule has 0 aromatic heterocycles. The molecule has 0 bridgehead atoms. The Balaban J connectivity index is 1.65. The molecule has 2 heterocycles. The average molecular weight is 1330 g/mol. The van der Waals surface area contributed by atoms with Crippen LogP contribution in [0.3, 0.4) is 0 Å². The minimum absolute atomic E-state index is 0.243. The Hall–Kier alpha value is -3.09. The zero-order valence-corrected chi connectivity index (χ0v) is 59.4. The van der Waals surface area contributed by atoms with Gasteiger partial charge in [0.15, 0.2) is 12.6 Å². The van der Waals surface area contributed by atoms with Gasteiger partial charge in [0, 0.05) is 6.42 Å². The molecule has 0 aromatic rings. The highest BCUT2D eigenvalue weighted by molar-refractivity contribution is 5.76. The van der Waals surface area contributed by atoms with E-state index in [0.717, 1.165) is 89.9 Å². The lowest BCUT2D eigenvalue weighted by Gasteiger charge is -2.46. The van der Waals surface area contributed by atoms with E-state index in [1.807, 2.05) is 0 Å². The highest BCUT2D eigenvalue weighted by atomic mass is 16.7. The molecule has 1 amide bonds. The Kier molecular flexibility index (Phi) is 58.6. The molecule has 12 atom stereocenters. The van der Waals surface area contributed by atoms with Crippen LogP contribution in [0.5, 0.6) is 0 Å². The van der Waals surface area contributed by atoms with Crippen LogP contribution >= 0.6 is 0 Å². The number of unbranched alkanes of at least 4 members (excludes halogenated alkanes) is 34. The molecule has 14 nitrogen and oxygen atoms in total. The van der Waals surface area contributed by atoms with Gasteiger partial charge in [0.2, 0.25) is 5.91 Å². The summed E-state index contributed by atoms with van der Waals surface area (Å²) in [6.45, 7) is 2.75. The fraction of sp³-hybridized carbons (Fsp3) is 0.787. The van der Waals surface area contributed by atoms with Crippen molar-refractivity contribution in [3.63, 3.8) is 0 Å². The zero-order valence-electron chi connectivity index (χ0n) is 59.4. The van der Waals surface area contributed by atoms with Crippen molar-refractivity contribution in [2.24, 2.45) is 0 Å². The van der Waals surface area contributed by atoms with Crippen molar-refractivity contribution in [1.29, 1.82) is 0 Å². The van der Waals surface area contributed by atoms with Gasteiger partial charge in [-0.1, -0.05) is 323 Å². The topological polar surface area (TPSA) is 228 Å². The van der Waals surface area contributed by atoms with Crippen LogP contribution in [0, 0.1) is 0 Å². The molecule has 0 aliphatic carbocycles. The lowest BCUT2D eigenvalue weighted by molar-refractivity contribution is -0.359. The van der Waals surface area contributed by atoms with E-state index in [0.29, 0.717) is 12.8 Å². The quantitative estimate of drug-likeness (QED) is 0.0204. The van der Waals surface area contributed by atoms with Crippen LogP contribution in [0.15, 0.2) is 97.2 Å². The number of ether oxygens (including phenoxy) is 4. The normalized spacial score (nSPS) is 23.0. The first kappa shape index (κ1) is 87.0. The summed E-state index contributed by atoms with van der Waals surface area (Å²) in [7, 11) is 0. The van der Waals surface area contributed by atoms with Gasteiger partial charge in [-0.2, -0.15) is 0 Å². The van der Waals surface area contributed by atoms with Gasteiger partial charge in [-0.3, -0.25) is 4.79 Å². The molecule has 94 heavy (non-hydrogen) atoms. The van der Waals surface area contributed by atoms with Crippen molar-refractivity contribution in [3.8, 4) is 0 Å². The molecular weight excluding hydrogens is 1180 g/mol. The highest BCUT2D eigenvalue weighted by Gasteiger charge is 2.51. The molecule has 2 aliphatic rings. The van der Waals surface area contributed by atoms with Crippen LogP contribution in [-0.2, 0) is 23.7 Å². The number of aliphatic hydroxyl groups is 8. The molecule has 544 valence electrons. The number of carbonyl (C=O) groups excluding carboxylic acids is 1. The number of rotatable bonds is 63. The Morgan fingerprint density at radius 3 is 1.11 bits per heavy atom. The molecule has 2 saturated heterocycles. The first-order valence-corrected chi connectivity index (χ1v) is 38.5. The monoisotopic (exact) mass is 1320 g/mol. The highest BCUT2D eigenvalue weighted by Crippen LogP contribution is 2.30. The van der Waals surface area contributed by atoms with Gasteiger partial charge in [0.05, 0.1) is 32.0 Å². The van der Waals surface area contributed by atoms with Gasteiger partial charge in [-0.25, -0.2) is 0 Å². The van der Waals surface area contributed by atoms with E-state index in [-0.39, 0.29) is 18.9 Å². The molecule has 2 rings (SSSR count). The summed E-state index contributed by atoms with van der Waals surface area (Å²) in [5.74, 6) is -0.249. The predicted molar refractivity (Wildman–Crippen MR) is 387 cm³/mol. The minimum atomic E-state index is -1.79. The van der Waals surface area contributed by atoms with Crippen LogP contribution in [0.25, 0.3) is 0 Å². The fourth-order valence-corrected chi connectivity index (χ4v) is 12.3. The molecule has 0 radical (unpaired) electrons. The van der Waals surface area contributed by atoms with E-state index in [4.69, 9.17) is 18.9 Å². The molecule has 12 unspecified atom stereocenters. The minimum Gasteiger partial charge on any atom is -0.394 e.